The lowest BCUT2D eigenvalue weighted by atomic mass is 10.2. The van der Waals surface area contributed by atoms with Gasteiger partial charge in [0.1, 0.15) is 0 Å². The number of carbonyl (C=O) groups excluding carboxylic acids is 1. The van der Waals surface area contributed by atoms with Crippen molar-refractivity contribution in [3.05, 3.63) is 34.9 Å². The van der Waals surface area contributed by atoms with E-state index in [0.717, 1.165) is 14.2 Å². The molecule has 0 aliphatic rings. The van der Waals surface area contributed by atoms with E-state index in [-0.39, 0.29) is 10.6 Å². The molecule has 0 atom stereocenters. The zero-order chi connectivity index (χ0) is 11.5. The highest BCUT2D eigenvalue weighted by molar-refractivity contribution is 7.72. The summed E-state index contributed by atoms with van der Waals surface area (Å²) in [6.45, 7) is 0. The van der Waals surface area contributed by atoms with Crippen LogP contribution in [0.25, 0.3) is 0 Å². The summed E-state index contributed by atoms with van der Waals surface area (Å²) in [5, 5.41) is 0.219. The second-order valence-corrected chi connectivity index (χ2v) is 5.19. The van der Waals surface area contributed by atoms with E-state index in [9.17, 15) is 9.36 Å². The lowest BCUT2D eigenvalue weighted by molar-refractivity contribution is 0.102. The molecule has 0 N–H and O–H groups in total. The highest BCUT2D eigenvalue weighted by atomic mass is 35.5. The fourth-order valence-corrected chi connectivity index (χ4v) is 2.28. The van der Waals surface area contributed by atoms with Crippen molar-refractivity contribution in [1.82, 2.24) is 0 Å². The SMILES string of the molecule is COP(=O)(OC)C(=O)c1ccccc1Cl. The first kappa shape index (κ1) is 12.4. The Morgan fingerprint density at radius 3 is 2.27 bits per heavy atom. The Labute approximate surface area is 92.7 Å². The highest BCUT2D eigenvalue weighted by Gasteiger charge is 2.34. The van der Waals surface area contributed by atoms with E-state index in [1.165, 1.54) is 12.1 Å². The number of halogens is 1. The molecule has 0 aliphatic heterocycles. The van der Waals surface area contributed by atoms with Crippen molar-refractivity contribution in [3.8, 4) is 0 Å². The van der Waals surface area contributed by atoms with Crippen LogP contribution in [0, 0.1) is 0 Å². The topological polar surface area (TPSA) is 52.6 Å². The van der Waals surface area contributed by atoms with Gasteiger partial charge in [0.15, 0.2) is 0 Å². The molecule has 0 bridgehead atoms. The summed E-state index contributed by atoms with van der Waals surface area (Å²) in [6, 6.07) is 6.29. The molecule has 6 heteroatoms. The quantitative estimate of drug-likeness (QED) is 0.769. The molecule has 1 aromatic carbocycles. The average Bonchev–Trinajstić information content (AvgIpc) is 2.28. The van der Waals surface area contributed by atoms with Gasteiger partial charge in [-0.25, -0.2) is 0 Å². The van der Waals surface area contributed by atoms with Crippen LogP contribution in [-0.2, 0) is 13.6 Å². The summed E-state index contributed by atoms with van der Waals surface area (Å²) in [4.78, 5) is 11.8. The Kier molecular flexibility index (Phi) is 4.05. The number of hydrogen-bond acceptors (Lipinski definition) is 4. The fourth-order valence-electron chi connectivity index (χ4n) is 1.02. The number of carbonyl (C=O) groups is 1. The van der Waals surface area contributed by atoms with Crippen LogP contribution in [0.2, 0.25) is 5.02 Å². The Morgan fingerprint density at radius 2 is 1.80 bits per heavy atom. The first-order valence-electron chi connectivity index (χ1n) is 4.06. The largest absolute Gasteiger partial charge is 0.401 e. The van der Waals surface area contributed by atoms with Crippen LogP contribution >= 0.6 is 19.2 Å². The van der Waals surface area contributed by atoms with Crippen LogP contribution in [0.3, 0.4) is 0 Å². The van der Waals surface area contributed by atoms with E-state index in [1.807, 2.05) is 0 Å². The summed E-state index contributed by atoms with van der Waals surface area (Å²) >= 11 is 5.79. The molecule has 0 radical (unpaired) electrons. The third-order valence-electron chi connectivity index (χ3n) is 1.83. The standard InChI is InChI=1S/C9H10ClO4P/c1-13-15(12,14-2)9(11)7-5-3-4-6-8(7)10/h3-6H,1-2H3. The van der Waals surface area contributed by atoms with Crippen LogP contribution in [0.1, 0.15) is 10.4 Å². The molecular formula is C9H10ClO4P. The van der Waals surface area contributed by atoms with Crippen molar-refractivity contribution >= 4 is 24.7 Å². The van der Waals surface area contributed by atoms with E-state index >= 15 is 0 Å². The van der Waals surface area contributed by atoms with Crippen molar-refractivity contribution < 1.29 is 18.4 Å². The lowest BCUT2D eigenvalue weighted by Crippen LogP contribution is -2.04. The van der Waals surface area contributed by atoms with Gasteiger partial charge in [-0.2, -0.15) is 0 Å². The molecule has 1 rings (SSSR count). The van der Waals surface area contributed by atoms with Gasteiger partial charge in [-0.3, -0.25) is 9.36 Å². The smallest absolute Gasteiger partial charge is 0.306 e. The second kappa shape index (κ2) is 4.90. The molecule has 0 amide bonds. The van der Waals surface area contributed by atoms with Gasteiger partial charge in [0.05, 0.1) is 5.02 Å². The molecule has 0 aromatic heterocycles. The van der Waals surface area contributed by atoms with Crippen molar-refractivity contribution in [3.63, 3.8) is 0 Å². The maximum atomic E-state index is 11.8. The van der Waals surface area contributed by atoms with Gasteiger partial charge >= 0.3 is 7.60 Å². The minimum absolute atomic E-state index is 0.131. The molecule has 1 aromatic rings. The molecule has 0 unspecified atom stereocenters. The van der Waals surface area contributed by atoms with E-state index in [4.69, 9.17) is 11.6 Å². The summed E-state index contributed by atoms with van der Waals surface area (Å²) < 4.78 is 20.9. The van der Waals surface area contributed by atoms with Crippen LogP contribution < -0.4 is 0 Å². The third kappa shape index (κ3) is 2.47. The molecule has 0 fully saturated rings. The number of hydrogen-bond donors (Lipinski definition) is 0. The van der Waals surface area contributed by atoms with Gasteiger partial charge < -0.3 is 9.05 Å². The van der Waals surface area contributed by atoms with Gasteiger partial charge in [-0.15, -0.1) is 0 Å². The maximum Gasteiger partial charge on any atom is 0.401 e. The highest BCUT2D eigenvalue weighted by Crippen LogP contribution is 2.50. The van der Waals surface area contributed by atoms with Crippen molar-refractivity contribution in [2.45, 2.75) is 0 Å². The van der Waals surface area contributed by atoms with Crippen LogP contribution in [0.5, 0.6) is 0 Å². The van der Waals surface area contributed by atoms with E-state index in [1.54, 1.807) is 12.1 Å². The fraction of sp³-hybridized carbons (Fsp3) is 0.222. The Hall–Kier alpha value is -0.670. The van der Waals surface area contributed by atoms with Gasteiger partial charge in [0, 0.05) is 19.8 Å². The van der Waals surface area contributed by atoms with Crippen LogP contribution in [-0.4, -0.2) is 19.7 Å². The monoisotopic (exact) mass is 248 g/mol. The first-order chi connectivity index (χ1) is 7.05. The van der Waals surface area contributed by atoms with Crippen molar-refractivity contribution in [1.29, 1.82) is 0 Å². The zero-order valence-electron chi connectivity index (χ0n) is 8.27. The first-order valence-corrected chi connectivity index (χ1v) is 5.98. The van der Waals surface area contributed by atoms with Crippen LogP contribution in [0.15, 0.2) is 24.3 Å². The minimum Gasteiger partial charge on any atom is -0.306 e. The summed E-state index contributed by atoms with van der Waals surface area (Å²) in [5.74, 6) is 0. The van der Waals surface area contributed by atoms with Gasteiger partial charge in [0.2, 0.25) is 0 Å². The number of benzene rings is 1. The van der Waals surface area contributed by atoms with Crippen molar-refractivity contribution in [2.24, 2.45) is 0 Å². The van der Waals surface area contributed by atoms with Gasteiger partial charge in [0.25, 0.3) is 5.52 Å². The van der Waals surface area contributed by atoms with E-state index in [2.05, 4.69) is 9.05 Å². The predicted molar refractivity (Wildman–Crippen MR) is 57.4 cm³/mol. The molecule has 0 heterocycles. The Bertz CT molecular complexity index is 410. The molecule has 0 saturated heterocycles. The zero-order valence-corrected chi connectivity index (χ0v) is 9.92. The predicted octanol–water partition coefficient (Wildman–Crippen LogP) is 2.97. The summed E-state index contributed by atoms with van der Waals surface area (Å²) in [6.07, 6.45) is 0. The summed E-state index contributed by atoms with van der Waals surface area (Å²) in [5.41, 5.74) is -0.607. The maximum absolute atomic E-state index is 11.8. The molecular weight excluding hydrogens is 239 g/mol. The molecule has 15 heavy (non-hydrogen) atoms. The van der Waals surface area contributed by atoms with Crippen LogP contribution in [0.4, 0.5) is 0 Å². The molecule has 82 valence electrons. The average molecular weight is 249 g/mol. The van der Waals surface area contributed by atoms with Gasteiger partial charge in [-0.05, 0) is 12.1 Å². The minimum atomic E-state index is -3.74. The lowest BCUT2D eigenvalue weighted by Gasteiger charge is -2.12. The Morgan fingerprint density at radius 1 is 1.27 bits per heavy atom. The third-order valence-corrected chi connectivity index (χ3v) is 3.86. The summed E-state index contributed by atoms with van der Waals surface area (Å²) in [7, 11) is -1.44. The Balaban J connectivity index is 3.15. The molecule has 0 spiro atoms. The van der Waals surface area contributed by atoms with E-state index in [0.29, 0.717) is 0 Å². The van der Waals surface area contributed by atoms with Gasteiger partial charge in [-0.1, -0.05) is 23.7 Å². The normalized spacial score (nSPS) is 11.4. The molecule has 4 nitrogen and oxygen atoms in total. The van der Waals surface area contributed by atoms with Crippen molar-refractivity contribution in [2.75, 3.05) is 14.2 Å². The number of rotatable bonds is 4. The van der Waals surface area contributed by atoms with E-state index < -0.39 is 13.1 Å². The molecule has 0 saturated carbocycles. The second-order valence-electron chi connectivity index (χ2n) is 2.65. The molecule has 0 aliphatic carbocycles.